The molecule has 0 saturated heterocycles. The molecule has 9 aromatic carbocycles. The zero-order chi connectivity index (χ0) is 44.5. The van der Waals surface area contributed by atoms with Gasteiger partial charge >= 0.3 is 0 Å². The summed E-state index contributed by atoms with van der Waals surface area (Å²) in [5, 5.41) is 2.37. The molecule has 0 aliphatic carbocycles. The van der Waals surface area contributed by atoms with E-state index < -0.39 is 0 Å². The molecule has 12 aromatic rings. The van der Waals surface area contributed by atoms with Gasteiger partial charge in [0.2, 0.25) is 0 Å². The Hall–Kier alpha value is -9.20. The molecule has 0 spiro atoms. The van der Waals surface area contributed by atoms with Crippen LogP contribution in [0.3, 0.4) is 0 Å². The fraction of sp³-hybridized carbons (Fsp3) is 0. The second kappa shape index (κ2) is 17.1. The highest BCUT2D eigenvalue weighted by Gasteiger charge is 2.17. The van der Waals surface area contributed by atoms with Crippen molar-refractivity contribution in [3.63, 3.8) is 0 Å². The highest BCUT2D eigenvalue weighted by atomic mass is 15.0. The lowest BCUT2D eigenvalue weighted by Gasteiger charge is -2.11. The minimum Gasteiger partial charge on any atom is -0.309 e. The number of hydrogen-bond donors (Lipinski definition) is 0. The Kier molecular flexibility index (Phi) is 10.0. The Morgan fingerprint density at radius 3 is 0.746 bits per heavy atom. The molecule has 0 unspecified atom stereocenters. The van der Waals surface area contributed by atoms with Crippen LogP contribution in [0.5, 0.6) is 0 Å². The third-order valence-corrected chi connectivity index (χ3v) is 12.1. The molecular formula is C60H39N7. The molecule has 7 heteroatoms. The third-order valence-electron chi connectivity index (χ3n) is 12.1. The molecule has 0 fully saturated rings. The minimum absolute atomic E-state index is 0.629. The average molecular weight is 858 g/mol. The standard InChI is InChI=1S/C60H39N7/c1-6-16-42(17-7-1)55-61-56(43-18-8-2-9-19-43)64-59(63-55)46-30-26-40(27-31-46)48-34-36-51-52-37-35-49(39-54(52)67(53(51)38-48)50-24-14-5-15-25-50)41-28-32-47(33-29-41)60-65-57(44-20-10-3-11-21-44)62-58(66-60)45-22-12-4-13-23-45/h1-39H. The number of benzene rings is 9. The smallest absolute Gasteiger partial charge is 0.164 e. The Balaban J connectivity index is 0.904. The summed E-state index contributed by atoms with van der Waals surface area (Å²) in [6, 6.07) is 81.5. The summed E-state index contributed by atoms with van der Waals surface area (Å²) in [7, 11) is 0. The zero-order valence-corrected chi connectivity index (χ0v) is 36.1. The first kappa shape index (κ1) is 39.4. The summed E-state index contributed by atoms with van der Waals surface area (Å²) in [5.41, 5.74) is 13.4. The van der Waals surface area contributed by atoms with Crippen molar-refractivity contribution in [2.75, 3.05) is 0 Å². The first-order valence-electron chi connectivity index (χ1n) is 22.3. The van der Waals surface area contributed by atoms with Crippen LogP contribution in [0.1, 0.15) is 0 Å². The van der Waals surface area contributed by atoms with Gasteiger partial charge in [0.15, 0.2) is 34.9 Å². The summed E-state index contributed by atoms with van der Waals surface area (Å²) < 4.78 is 2.38. The van der Waals surface area contributed by atoms with Crippen LogP contribution >= 0.6 is 0 Å². The predicted molar refractivity (Wildman–Crippen MR) is 271 cm³/mol. The molecule has 0 aliphatic heterocycles. The van der Waals surface area contributed by atoms with E-state index in [-0.39, 0.29) is 0 Å². The Morgan fingerprint density at radius 1 is 0.209 bits per heavy atom. The van der Waals surface area contributed by atoms with Crippen molar-refractivity contribution in [3.05, 3.63) is 237 Å². The second-order valence-corrected chi connectivity index (χ2v) is 16.4. The van der Waals surface area contributed by atoms with Crippen molar-refractivity contribution < 1.29 is 0 Å². The van der Waals surface area contributed by atoms with Crippen LogP contribution in [0.25, 0.3) is 118 Å². The van der Waals surface area contributed by atoms with Gasteiger partial charge in [0, 0.05) is 49.8 Å². The Morgan fingerprint density at radius 2 is 0.448 bits per heavy atom. The van der Waals surface area contributed by atoms with Gasteiger partial charge in [-0.25, -0.2) is 29.9 Å². The minimum atomic E-state index is 0.629. The molecule has 0 N–H and O–H groups in total. The van der Waals surface area contributed by atoms with Crippen molar-refractivity contribution >= 4 is 21.8 Å². The first-order valence-corrected chi connectivity index (χ1v) is 22.3. The van der Waals surface area contributed by atoms with Crippen molar-refractivity contribution in [3.8, 4) is 96.3 Å². The molecule has 314 valence electrons. The van der Waals surface area contributed by atoms with Gasteiger partial charge in [-0.15, -0.1) is 0 Å². The van der Waals surface area contributed by atoms with E-state index in [0.29, 0.717) is 34.9 Å². The van der Waals surface area contributed by atoms with Crippen LogP contribution in [-0.4, -0.2) is 34.5 Å². The summed E-state index contributed by atoms with van der Waals surface area (Å²) in [6.45, 7) is 0. The lowest BCUT2D eigenvalue weighted by Crippen LogP contribution is -2.00. The Bertz CT molecular complexity index is 3350. The molecule has 0 radical (unpaired) electrons. The molecular weight excluding hydrogens is 819 g/mol. The highest BCUT2D eigenvalue weighted by molar-refractivity contribution is 6.11. The molecule has 12 rings (SSSR count). The van der Waals surface area contributed by atoms with Gasteiger partial charge in [-0.1, -0.05) is 212 Å². The van der Waals surface area contributed by atoms with E-state index in [9.17, 15) is 0 Å². The number of hydrogen-bond acceptors (Lipinski definition) is 6. The predicted octanol–water partition coefficient (Wildman–Crippen LogP) is 14.5. The molecule has 0 aliphatic rings. The van der Waals surface area contributed by atoms with E-state index in [1.54, 1.807) is 0 Å². The largest absolute Gasteiger partial charge is 0.309 e. The normalized spacial score (nSPS) is 11.3. The monoisotopic (exact) mass is 857 g/mol. The number of para-hydroxylation sites is 1. The molecule has 7 nitrogen and oxygen atoms in total. The van der Waals surface area contributed by atoms with Gasteiger partial charge < -0.3 is 4.57 Å². The van der Waals surface area contributed by atoms with Gasteiger partial charge in [-0.3, -0.25) is 0 Å². The first-order chi connectivity index (χ1) is 33.2. The zero-order valence-electron chi connectivity index (χ0n) is 36.1. The number of aromatic nitrogens is 7. The summed E-state index contributed by atoms with van der Waals surface area (Å²) in [4.78, 5) is 29.6. The molecule has 0 saturated carbocycles. The van der Waals surface area contributed by atoms with Gasteiger partial charge in [-0.2, -0.15) is 0 Å². The maximum absolute atomic E-state index is 4.95. The molecule has 3 aromatic heterocycles. The van der Waals surface area contributed by atoms with Crippen molar-refractivity contribution in [2.45, 2.75) is 0 Å². The van der Waals surface area contributed by atoms with Crippen LogP contribution in [0, 0.1) is 0 Å². The third kappa shape index (κ3) is 7.70. The molecule has 67 heavy (non-hydrogen) atoms. The molecule has 0 atom stereocenters. The van der Waals surface area contributed by atoms with E-state index in [1.165, 1.54) is 10.8 Å². The van der Waals surface area contributed by atoms with Crippen molar-refractivity contribution in [1.82, 2.24) is 34.5 Å². The van der Waals surface area contributed by atoms with Crippen molar-refractivity contribution in [2.24, 2.45) is 0 Å². The fourth-order valence-electron chi connectivity index (χ4n) is 8.73. The Labute approximate surface area is 387 Å². The van der Waals surface area contributed by atoms with Crippen LogP contribution in [0.4, 0.5) is 0 Å². The van der Waals surface area contributed by atoms with E-state index >= 15 is 0 Å². The van der Waals surface area contributed by atoms with E-state index in [4.69, 9.17) is 29.9 Å². The summed E-state index contributed by atoms with van der Waals surface area (Å²) >= 11 is 0. The molecule has 0 amide bonds. The van der Waals surface area contributed by atoms with Crippen LogP contribution in [0.2, 0.25) is 0 Å². The second-order valence-electron chi connectivity index (χ2n) is 16.4. The van der Waals surface area contributed by atoms with Gasteiger partial charge in [0.1, 0.15) is 0 Å². The highest BCUT2D eigenvalue weighted by Crippen LogP contribution is 2.38. The van der Waals surface area contributed by atoms with Crippen molar-refractivity contribution in [1.29, 1.82) is 0 Å². The summed E-state index contributed by atoms with van der Waals surface area (Å²) in [5.74, 6) is 3.82. The van der Waals surface area contributed by atoms with Crippen LogP contribution < -0.4 is 0 Å². The van der Waals surface area contributed by atoms with Crippen LogP contribution in [0.15, 0.2) is 237 Å². The number of nitrogens with zero attached hydrogens (tertiary/aromatic N) is 7. The summed E-state index contributed by atoms with van der Waals surface area (Å²) in [6.07, 6.45) is 0. The van der Waals surface area contributed by atoms with E-state index in [1.807, 2.05) is 121 Å². The molecule has 0 bridgehead atoms. The maximum atomic E-state index is 4.95. The molecule has 3 heterocycles. The van der Waals surface area contributed by atoms with Crippen LogP contribution in [-0.2, 0) is 0 Å². The number of fused-ring (bicyclic) bond motifs is 3. The van der Waals surface area contributed by atoms with Gasteiger partial charge in [0.25, 0.3) is 0 Å². The topological polar surface area (TPSA) is 82.3 Å². The van der Waals surface area contributed by atoms with Gasteiger partial charge in [-0.05, 0) is 46.5 Å². The SMILES string of the molecule is c1ccc(-c2nc(-c3ccccc3)nc(-c3ccc(-c4ccc5c6ccc(-c7ccc(-c8nc(-c9ccccc9)nc(-c9ccccc9)n8)cc7)cc6n(-c6ccccc6)c5c4)cc3)n2)cc1. The number of rotatable bonds is 9. The maximum Gasteiger partial charge on any atom is 0.164 e. The lowest BCUT2D eigenvalue weighted by atomic mass is 10.0. The fourth-order valence-corrected chi connectivity index (χ4v) is 8.73. The lowest BCUT2D eigenvalue weighted by molar-refractivity contribution is 1.07. The average Bonchev–Trinajstić information content (AvgIpc) is 3.75. The van der Waals surface area contributed by atoms with E-state index in [0.717, 1.165) is 72.4 Å². The van der Waals surface area contributed by atoms with E-state index in [2.05, 4.69) is 120 Å². The van der Waals surface area contributed by atoms with Gasteiger partial charge in [0.05, 0.1) is 11.0 Å². The quantitative estimate of drug-likeness (QED) is 0.144.